The molecule has 7 heavy (non-hydrogen) atoms. The number of hydrogen-bond donors (Lipinski definition) is 3. The normalized spacial score (nSPS) is 8.43. The monoisotopic (exact) mass is 210 g/mol. The molecular weight excluding hydrogens is 204 g/mol. The van der Waals surface area contributed by atoms with Gasteiger partial charge < -0.3 is 16.1 Å². The van der Waals surface area contributed by atoms with Crippen LogP contribution in [0.5, 0.6) is 0 Å². The zero-order chi connectivity index (χ0) is 4.50. The van der Waals surface area contributed by atoms with E-state index in [0.29, 0.717) is 0 Å². The zero-order valence-electron chi connectivity index (χ0n) is 4.20. The van der Waals surface area contributed by atoms with Crippen LogP contribution in [0.1, 0.15) is 1.43 Å². The summed E-state index contributed by atoms with van der Waals surface area (Å²) < 4.78 is 8.88. The van der Waals surface area contributed by atoms with Crippen LogP contribution in [0.4, 0.5) is 0 Å². The molecule has 0 rings (SSSR count). The van der Waals surface area contributed by atoms with Gasteiger partial charge in [0.05, 0.1) is 0 Å². The molecule has 0 spiro atoms. The SMILES string of the molecule is O=P(O)(O)O.[GaH3].[H-].[K+]. The van der Waals surface area contributed by atoms with Gasteiger partial charge in [0.25, 0.3) is 0 Å². The minimum atomic E-state index is -4.64. The van der Waals surface area contributed by atoms with E-state index < -0.39 is 7.82 Å². The summed E-state index contributed by atoms with van der Waals surface area (Å²) in [5, 5.41) is 0. The molecule has 0 aliphatic rings. The van der Waals surface area contributed by atoms with Crippen LogP contribution in [-0.4, -0.2) is 34.5 Å². The van der Waals surface area contributed by atoms with Gasteiger partial charge in [0.1, 0.15) is 0 Å². The Morgan fingerprint density at radius 1 is 1.29 bits per heavy atom. The van der Waals surface area contributed by atoms with Gasteiger partial charge in [-0.2, -0.15) is 0 Å². The van der Waals surface area contributed by atoms with Crippen molar-refractivity contribution in [1.29, 1.82) is 0 Å². The molecule has 0 unspecified atom stereocenters. The van der Waals surface area contributed by atoms with Gasteiger partial charge in [-0.15, -0.1) is 0 Å². The first-order valence-corrected chi connectivity index (χ1v) is 2.35. The van der Waals surface area contributed by atoms with Crippen molar-refractivity contribution in [3.8, 4) is 0 Å². The van der Waals surface area contributed by atoms with Crippen LogP contribution >= 0.6 is 7.82 Å². The second-order valence-electron chi connectivity index (χ2n) is 0.513. The Labute approximate surface area is 97.9 Å². The minimum absolute atomic E-state index is 0. The van der Waals surface area contributed by atoms with E-state index in [1.807, 2.05) is 0 Å². The Hall–Kier alpha value is 2.38. The zero-order valence-corrected chi connectivity index (χ0v) is 7.21. The van der Waals surface area contributed by atoms with Crippen LogP contribution in [0.15, 0.2) is 0 Å². The Kier molecular flexibility index (Phi) is 15.0. The fourth-order valence-corrected chi connectivity index (χ4v) is 0. The molecule has 0 saturated heterocycles. The maximum Gasteiger partial charge on any atom is 1.00 e. The maximum absolute atomic E-state index is 8.88. The third-order valence-electron chi connectivity index (χ3n) is 0. The summed E-state index contributed by atoms with van der Waals surface area (Å²) in [5.74, 6) is 0. The van der Waals surface area contributed by atoms with E-state index in [-0.39, 0.29) is 72.6 Å². The standard InChI is InChI=1S/Ga.K.H3O4P.4H/c;;1-5(2,3)4;;;;/h;;(H3,1,2,3,4);;;;/q;+1;;;;;-1. The summed E-state index contributed by atoms with van der Waals surface area (Å²) in [4.78, 5) is 21.6. The smallest absolute Gasteiger partial charge is 1.00 e. The van der Waals surface area contributed by atoms with Crippen LogP contribution in [0, 0.1) is 0 Å². The third kappa shape index (κ3) is 60.2. The first-order chi connectivity index (χ1) is 2.00. The molecule has 0 atom stereocenters. The van der Waals surface area contributed by atoms with Crippen molar-refractivity contribution < 1.29 is 72.1 Å². The van der Waals surface area contributed by atoms with Crippen LogP contribution in [0.25, 0.3) is 0 Å². The summed E-state index contributed by atoms with van der Waals surface area (Å²) in [5.41, 5.74) is 0. The van der Waals surface area contributed by atoms with Gasteiger partial charge in [-0.05, 0) is 0 Å². The van der Waals surface area contributed by atoms with Crippen molar-refractivity contribution in [2.45, 2.75) is 0 Å². The molecule has 3 N–H and O–H groups in total. The topological polar surface area (TPSA) is 77.8 Å². The second kappa shape index (κ2) is 6.50. The molecule has 0 saturated carbocycles. The molecule has 0 fully saturated rings. The van der Waals surface area contributed by atoms with Gasteiger partial charge in [0, 0.05) is 0 Å². The Balaban J connectivity index is -0.0000000267. The molecule has 0 bridgehead atoms. The van der Waals surface area contributed by atoms with Crippen molar-refractivity contribution in [3.05, 3.63) is 0 Å². The summed E-state index contributed by atoms with van der Waals surface area (Å²) in [6, 6.07) is 0. The van der Waals surface area contributed by atoms with Crippen LogP contribution < -0.4 is 51.4 Å². The van der Waals surface area contributed by atoms with Gasteiger partial charge in [-0.1, -0.05) is 0 Å². The molecule has 0 aliphatic carbocycles. The molecule has 0 amide bonds. The van der Waals surface area contributed by atoms with Gasteiger partial charge in [-0.25, -0.2) is 4.57 Å². The molecule has 0 aliphatic heterocycles. The molecule has 7 heteroatoms. The fraction of sp³-hybridized carbons (Fsp3) is 0. The molecule has 0 aromatic carbocycles. The molecule has 40 valence electrons. The van der Waals surface area contributed by atoms with Gasteiger partial charge in [0.15, 0.2) is 0 Å². The van der Waals surface area contributed by atoms with E-state index >= 15 is 0 Å². The number of hydrogen-bond acceptors (Lipinski definition) is 1. The van der Waals surface area contributed by atoms with Crippen molar-refractivity contribution in [1.82, 2.24) is 0 Å². The van der Waals surface area contributed by atoms with Crippen LogP contribution in [-0.2, 0) is 4.57 Å². The Bertz CT molecular complexity index is 62.2. The first-order valence-electron chi connectivity index (χ1n) is 0.783. The predicted molar refractivity (Wildman–Crippen MR) is 25.3 cm³/mol. The summed E-state index contributed by atoms with van der Waals surface area (Å²) in [7, 11) is -4.64. The molecule has 0 radical (unpaired) electrons. The maximum atomic E-state index is 8.88. The average Bonchev–Trinajstić information content (AvgIpc) is 0.722. The second-order valence-corrected chi connectivity index (χ2v) is 1.54. The third-order valence-corrected chi connectivity index (χ3v) is 0. The Morgan fingerprint density at radius 3 is 1.29 bits per heavy atom. The van der Waals surface area contributed by atoms with Crippen LogP contribution in [0.2, 0.25) is 0 Å². The molecular formula is H7GaKO4P. The Morgan fingerprint density at radius 2 is 1.29 bits per heavy atom. The van der Waals surface area contributed by atoms with Gasteiger partial charge >= 0.3 is 79.0 Å². The van der Waals surface area contributed by atoms with Gasteiger partial charge in [-0.3, -0.25) is 0 Å². The van der Waals surface area contributed by atoms with E-state index in [1.54, 1.807) is 0 Å². The summed E-state index contributed by atoms with van der Waals surface area (Å²) in [6.45, 7) is 0. The molecule has 4 nitrogen and oxygen atoms in total. The summed E-state index contributed by atoms with van der Waals surface area (Å²) in [6.07, 6.45) is 0. The van der Waals surface area contributed by atoms with Crippen molar-refractivity contribution in [3.63, 3.8) is 0 Å². The first kappa shape index (κ1) is 16.2. The number of phosphoric acid groups is 1. The fourth-order valence-electron chi connectivity index (χ4n) is 0. The molecule has 0 heterocycles. The van der Waals surface area contributed by atoms with Gasteiger partial charge in [0.2, 0.25) is 0 Å². The average molecular weight is 211 g/mol. The summed E-state index contributed by atoms with van der Waals surface area (Å²) >= 11 is 0. The van der Waals surface area contributed by atoms with Crippen molar-refractivity contribution in [2.75, 3.05) is 0 Å². The van der Waals surface area contributed by atoms with E-state index in [4.69, 9.17) is 19.2 Å². The largest absolute Gasteiger partial charge is 1.00 e. The quantitative estimate of drug-likeness (QED) is 0.277. The molecule has 0 aromatic rings. The minimum Gasteiger partial charge on any atom is -1.00 e. The van der Waals surface area contributed by atoms with E-state index in [0.717, 1.165) is 0 Å². The van der Waals surface area contributed by atoms with E-state index in [2.05, 4.69) is 0 Å². The van der Waals surface area contributed by atoms with E-state index in [9.17, 15) is 0 Å². The van der Waals surface area contributed by atoms with E-state index in [1.165, 1.54) is 0 Å². The number of rotatable bonds is 0. The predicted octanol–water partition coefficient (Wildman–Crippen LogP) is -5.00. The van der Waals surface area contributed by atoms with Crippen molar-refractivity contribution in [2.24, 2.45) is 0 Å². The molecule has 0 aromatic heterocycles. The van der Waals surface area contributed by atoms with Crippen LogP contribution in [0.3, 0.4) is 0 Å². The van der Waals surface area contributed by atoms with Crippen molar-refractivity contribution >= 4 is 27.6 Å².